The summed E-state index contributed by atoms with van der Waals surface area (Å²) in [5, 5.41) is 21.4. The van der Waals surface area contributed by atoms with Crippen molar-refractivity contribution in [2.24, 2.45) is 11.1 Å². The molecule has 2 heterocycles. The standard InChI is InChI=1S/C33H30F2N4O4S2/c1-18(2)21-4-3-5-22(15-21)24-16-23(9-10-26(24)34)31-25(12-20-8-11-30(27(35)13-20)45(36,42)43)29(14-19-6-7-19)39(38-31)33-37-28(17-44-33)32(40)41/h3-5,8-11,13,15-19H,6-7,12,14H2,1-2H3,(H,40,41)(H2,36,42,43). The number of nitrogens with zero attached hydrogens (tertiary/aromatic N) is 3. The molecule has 0 unspecified atom stereocenters. The Hall–Kier alpha value is -4.26. The monoisotopic (exact) mass is 648 g/mol. The van der Waals surface area contributed by atoms with E-state index in [1.807, 2.05) is 24.3 Å². The zero-order chi connectivity index (χ0) is 32.0. The maximum absolute atomic E-state index is 15.3. The second kappa shape index (κ2) is 11.9. The number of hydrogen-bond acceptors (Lipinski definition) is 6. The van der Waals surface area contributed by atoms with Crippen LogP contribution in [0.15, 0.2) is 70.9 Å². The molecular formula is C33H30F2N4O4S2. The van der Waals surface area contributed by atoms with Crippen molar-refractivity contribution in [3.05, 3.63) is 106 Å². The maximum Gasteiger partial charge on any atom is 0.355 e. The van der Waals surface area contributed by atoms with Crippen LogP contribution in [0.4, 0.5) is 8.78 Å². The van der Waals surface area contributed by atoms with Gasteiger partial charge in [-0.05, 0) is 78.1 Å². The highest BCUT2D eigenvalue weighted by Gasteiger charge is 2.30. The van der Waals surface area contributed by atoms with Crippen LogP contribution >= 0.6 is 11.3 Å². The van der Waals surface area contributed by atoms with Crippen molar-refractivity contribution in [1.82, 2.24) is 14.8 Å². The molecule has 6 rings (SSSR count). The Morgan fingerprint density at radius 2 is 1.84 bits per heavy atom. The van der Waals surface area contributed by atoms with Crippen LogP contribution < -0.4 is 5.14 Å². The van der Waals surface area contributed by atoms with Crippen LogP contribution in [0.1, 0.15) is 65.5 Å². The lowest BCUT2D eigenvalue weighted by Crippen LogP contribution is -2.14. The number of hydrogen-bond donors (Lipinski definition) is 2. The van der Waals surface area contributed by atoms with E-state index in [1.54, 1.807) is 16.8 Å². The highest BCUT2D eigenvalue weighted by molar-refractivity contribution is 7.89. The number of aromatic nitrogens is 3. The first-order valence-electron chi connectivity index (χ1n) is 14.4. The van der Waals surface area contributed by atoms with E-state index in [2.05, 4.69) is 18.8 Å². The van der Waals surface area contributed by atoms with E-state index >= 15 is 4.39 Å². The minimum atomic E-state index is -4.25. The van der Waals surface area contributed by atoms with Gasteiger partial charge < -0.3 is 5.11 Å². The van der Waals surface area contributed by atoms with Crippen molar-refractivity contribution >= 4 is 27.3 Å². The second-order valence-electron chi connectivity index (χ2n) is 11.6. The first-order valence-corrected chi connectivity index (χ1v) is 16.8. The average Bonchev–Trinajstić information content (AvgIpc) is 3.55. The van der Waals surface area contributed by atoms with Gasteiger partial charge in [-0.25, -0.2) is 36.8 Å². The van der Waals surface area contributed by atoms with Crippen LogP contribution in [0.3, 0.4) is 0 Å². The van der Waals surface area contributed by atoms with Crippen LogP contribution in [-0.2, 0) is 22.9 Å². The first-order chi connectivity index (χ1) is 21.4. The number of sulfonamides is 1. The van der Waals surface area contributed by atoms with E-state index in [0.29, 0.717) is 45.4 Å². The number of carboxylic acids is 1. The largest absolute Gasteiger partial charge is 0.476 e. The Bertz CT molecular complexity index is 2050. The molecule has 0 atom stereocenters. The molecule has 3 aromatic carbocycles. The molecule has 12 heteroatoms. The number of nitrogens with two attached hydrogens (primary N) is 1. The molecule has 0 saturated heterocycles. The zero-order valence-corrected chi connectivity index (χ0v) is 26.1. The number of rotatable bonds is 10. The van der Waals surface area contributed by atoms with Gasteiger partial charge in [0.05, 0.1) is 11.4 Å². The number of benzene rings is 3. The minimum absolute atomic E-state index is 0.110. The number of thiazole rings is 1. The van der Waals surface area contributed by atoms with Crippen molar-refractivity contribution in [3.8, 4) is 27.5 Å². The van der Waals surface area contributed by atoms with E-state index in [9.17, 15) is 22.7 Å². The van der Waals surface area contributed by atoms with Crippen LogP contribution in [-0.4, -0.2) is 34.3 Å². The van der Waals surface area contributed by atoms with E-state index in [0.717, 1.165) is 53.1 Å². The molecule has 0 spiro atoms. The zero-order valence-electron chi connectivity index (χ0n) is 24.5. The molecule has 0 amide bonds. The molecule has 1 aliphatic rings. The molecule has 232 valence electrons. The average molecular weight is 649 g/mol. The van der Waals surface area contributed by atoms with Crippen LogP contribution in [0.5, 0.6) is 0 Å². The molecule has 2 aromatic heterocycles. The smallest absolute Gasteiger partial charge is 0.355 e. The molecule has 0 aliphatic heterocycles. The lowest BCUT2D eigenvalue weighted by atomic mass is 9.93. The lowest BCUT2D eigenvalue weighted by molar-refractivity contribution is 0.0691. The Balaban J connectivity index is 1.54. The summed E-state index contributed by atoms with van der Waals surface area (Å²) in [6.45, 7) is 4.14. The SMILES string of the molecule is CC(C)c1cccc(-c2cc(-c3nn(-c4nc(C(=O)O)cs4)c(CC4CC4)c3Cc3ccc(S(N)(=O)=O)c(F)c3)ccc2F)c1. The molecule has 0 bridgehead atoms. The van der Waals surface area contributed by atoms with Crippen molar-refractivity contribution in [2.45, 2.75) is 50.3 Å². The Labute approximate surface area is 263 Å². The molecular weight excluding hydrogens is 619 g/mol. The van der Waals surface area contributed by atoms with Gasteiger partial charge in [0.15, 0.2) is 5.69 Å². The summed E-state index contributed by atoms with van der Waals surface area (Å²) in [6, 6.07) is 16.3. The topological polar surface area (TPSA) is 128 Å². The van der Waals surface area contributed by atoms with E-state index in [4.69, 9.17) is 10.2 Å². The van der Waals surface area contributed by atoms with Crippen LogP contribution in [0.25, 0.3) is 27.5 Å². The molecule has 1 aliphatic carbocycles. The van der Waals surface area contributed by atoms with Gasteiger partial charge in [-0.15, -0.1) is 11.3 Å². The number of carbonyl (C=O) groups is 1. The van der Waals surface area contributed by atoms with Crippen molar-refractivity contribution < 1.29 is 27.1 Å². The molecule has 1 saturated carbocycles. The fraction of sp³-hybridized carbons (Fsp3) is 0.242. The van der Waals surface area contributed by atoms with Gasteiger partial charge in [-0.3, -0.25) is 0 Å². The minimum Gasteiger partial charge on any atom is -0.476 e. The van der Waals surface area contributed by atoms with Crippen LogP contribution in [0.2, 0.25) is 0 Å². The summed E-state index contributed by atoms with van der Waals surface area (Å²) >= 11 is 1.14. The van der Waals surface area contributed by atoms with E-state index < -0.39 is 32.5 Å². The summed E-state index contributed by atoms with van der Waals surface area (Å²) in [4.78, 5) is 15.3. The summed E-state index contributed by atoms with van der Waals surface area (Å²) < 4.78 is 55.6. The predicted octanol–water partition coefficient (Wildman–Crippen LogP) is 6.95. The predicted molar refractivity (Wildman–Crippen MR) is 168 cm³/mol. The molecule has 8 nitrogen and oxygen atoms in total. The molecule has 0 radical (unpaired) electrons. The number of aromatic carboxylic acids is 1. The summed E-state index contributed by atoms with van der Waals surface area (Å²) in [5.74, 6) is -1.89. The third kappa shape index (κ3) is 6.44. The molecule has 3 N–H and O–H groups in total. The van der Waals surface area contributed by atoms with Gasteiger partial charge in [0.25, 0.3) is 0 Å². The highest BCUT2D eigenvalue weighted by atomic mass is 32.2. The number of primary sulfonamides is 1. The maximum atomic E-state index is 15.3. The quantitative estimate of drug-likeness (QED) is 0.169. The van der Waals surface area contributed by atoms with Gasteiger partial charge in [0, 0.05) is 28.5 Å². The lowest BCUT2D eigenvalue weighted by Gasteiger charge is -2.12. The molecule has 5 aromatic rings. The van der Waals surface area contributed by atoms with Gasteiger partial charge in [0.1, 0.15) is 16.5 Å². The summed E-state index contributed by atoms with van der Waals surface area (Å²) in [6.07, 6.45) is 2.82. The molecule has 1 fully saturated rings. The highest BCUT2D eigenvalue weighted by Crippen LogP contribution is 2.39. The van der Waals surface area contributed by atoms with Crippen molar-refractivity contribution in [2.75, 3.05) is 0 Å². The summed E-state index contributed by atoms with van der Waals surface area (Å²) in [7, 11) is -4.25. The van der Waals surface area contributed by atoms with Gasteiger partial charge >= 0.3 is 5.97 Å². The second-order valence-corrected chi connectivity index (χ2v) is 14.0. The normalized spacial score (nSPS) is 13.5. The van der Waals surface area contributed by atoms with Crippen molar-refractivity contribution in [3.63, 3.8) is 0 Å². The van der Waals surface area contributed by atoms with Gasteiger partial charge in [0.2, 0.25) is 15.2 Å². The summed E-state index contributed by atoms with van der Waals surface area (Å²) in [5.41, 5.74) is 5.18. The fourth-order valence-corrected chi connectivity index (χ4v) is 6.74. The Kier molecular flexibility index (Phi) is 8.14. The first kappa shape index (κ1) is 30.8. The Morgan fingerprint density at radius 1 is 1.07 bits per heavy atom. The van der Waals surface area contributed by atoms with Gasteiger partial charge in [-0.1, -0.05) is 44.2 Å². The van der Waals surface area contributed by atoms with Crippen LogP contribution in [0, 0.1) is 17.6 Å². The van der Waals surface area contributed by atoms with Gasteiger partial charge in [-0.2, -0.15) is 5.10 Å². The third-order valence-corrected chi connectivity index (χ3v) is 9.71. The number of carboxylic acid groups (broad SMARTS) is 1. The fourth-order valence-electron chi connectivity index (χ4n) is 5.37. The third-order valence-electron chi connectivity index (χ3n) is 7.95. The van der Waals surface area contributed by atoms with E-state index in [-0.39, 0.29) is 18.0 Å². The molecule has 45 heavy (non-hydrogen) atoms. The van der Waals surface area contributed by atoms with Crippen molar-refractivity contribution in [1.29, 1.82) is 0 Å². The number of halogens is 2. The Morgan fingerprint density at radius 3 is 2.49 bits per heavy atom. The van der Waals surface area contributed by atoms with E-state index in [1.165, 1.54) is 17.5 Å².